The Bertz CT molecular complexity index is 1830. The van der Waals surface area contributed by atoms with E-state index in [2.05, 4.69) is 25.3 Å². The Hall–Kier alpha value is -4.92. The summed E-state index contributed by atoms with van der Waals surface area (Å²) in [5.41, 5.74) is 3.90. The Morgan fingerprint density at radius 3 is 2.48 bits per heavy atom. The highest BCUT2D eigenvalue weighted by Crippen LogP contribution is 2.37. The van der Waals surface area contributed by atoms with Crippen molar-refractivity contribution >= 4 is 29.6 Å². The molecule has 6 rings (SSSR count). The number of benzene rings is 3. The van der Waals surface area contributed by atoms with Crippen LogP contribution in [-0.2, 0) is 4.79 Å². The lowest BCUT2D eigenvalue weighted by atomic mass is 9.93. The molecule has 11 nitrogen and oxygen atoms in total. The number of nitrogens with zero attached hydrogens (tertiary/aromatic N) is 6. The fourth-order valence-electron chi connectivity index (χ4n) is 5.94. The van der Waals surface area contributed by atoms with Gasteiger partial charge in [0.05, 0.1) is 17.0 Å². The van der Waals surface area contributed by atoms with Gasteiger partial charge in [0.25, 0.3) is 0 Å². The van der Waals surface area contributed by atoms with E-state index in [1.807, 2.05) is 50.2 Å². The maximum absolute atomic E-state index is 13.2. The van der Waals surface area contributed by atoms with Crippen LogP contribution in [0.3, 0.4) is 0 Å². The van der Waals surface area contributed by atoms with Gasteiger partial charge in [0.2, 0.25) is 11.9 Å². The average Bonchev–Trinajstić information content (AvgIpc) is 3.81. The number of anilines is 1. The molecule has 3 aromatic carbocycles. The van der Waals surface area contributed by atoms with Crippen LogP contribution in [0.2, 0.25) is 0 Å². The number of carbonyl (C=O) groups excluding carboxylic acids is 2. The second-order valence-corrected chi connectivity index (χ2v) is 12.6. The standard InChI is InChI=1S/C33H32F3N7O4S/c1-20(2)27-17-25(46-3)15-16-29(27)42-30(44)18-48-43(42)40-32(45)38-28-6-4-5-26(28)21-7-9-22(10-8-21)31-37-19-41(39-31)23-11-13-24(14-12-23)47-33(34,35)36/h7-17,19-20,26,28H,4-6,18H2,1-3H3/p+1. The third-order valence-corrected chi connectivity index (χ3v) is 9.07. The first-order chi connectivity index (χ1) is 23.0. The molecule has 1 aromatic heterocycles. The van der Waals surface area contributed by atoms with E-state index >= 15 is 0 Å². The molecule has 1 aliphatic carbocycles. The van der Waals surface area contributed by atoms with Crippen LogP contribution < -0.4 is 19.8 Å². The SMILES string of the molecule is COc1ccc(N2C(=O)CS[N+]2=NC(=O)NC2CCCC2c2ccc(-c3ncn(-c4ccc(OC(F)(F)F)cc4)n3)cc2)c(C(C)C)c1. The fourth-order valence-corrected chi connectivity index (χ4v) is 6.71. The lowest BCUT2D eigenvalue weighted by Crippen LogP contribution is -2.37. The second-order valence-electron chi connectivity index (χ2n) is 11.7. The number of halogens is 3. The first-order valence-electron chi connectivity index (χ1n) is 15.3. The molecule has 1 N–H and O–H groups in total. The van der Waals surface area contributed by atoms with Gasteiger partial charge in [-0.3, -0.25) is 4.79 Å². The third-order valence-electron chi connectivity index (χ3n) is 8.22. The highest BCUT2D eigenvalue weighted by molar-refractivity contribution is 7.94. The number of methoxy groups -OCH3 is 1. The second kappa shape index (κ2) is 13.7. The number of carbonyl (C=O) groups is 2. The van der Waals surface area contributed by atoms with Crippen LogP contribution in [0, 0.1) is 0 Å². The molecule has 3 amide bonds. The predicted octanol–water partition coefficient (Wildman–Crippen LogP) is 7.39. The van der Waals surface area contributed by atoms with Gasteiger partial charge >= 0.3 is 18.3 Å². The van der Waals surface area contributed by atoms with Gasteiger partial charge in [0.15, 0.2) is 5.82 Å². The van der Waals surface area contributed by atoms with E-state index < -0.39 is 12.4 Å². The number of ether oxygens (including phenoxy) is 2. The summed E-state index contributed by atoms with van der Waals surface area (Å²) in [5, 5.41) is 13.2. The van der Waals surface area contributed by atoms with E-state index in [0.29, 0.717) is 22.9 Å². The van der Waals surface area contributed by atoms with E-state index in [4.69, 9.17) is 4.74 Å². The van der Waals surface area contributed by atoms with Gasteiger partial charge in [-0.1, -0.05) is 44.5 Å². The van der Waals surface area contributed by atoms with Gasteiger partial charge in [-0.2, -0.15) is 0 Å². The molecule has 0 bridgehead atoms. The molecule has 2 aliphatic rings. The molecule has 2 unspecified atom stereocenters. The number of aromatic nitrogens is 3. The minimum atomic E-state index is -4.76. The number of nitrogens with one attached hydrogen (secondary N) is 1. The molecule has 1 saturated heterocycles. The normalized spacial score (nSPS) is 18.9. The Kier molecular flexibility index (Phi) is 9.40. The summed E-state index contributed by atoms with van der Waals surface area (Å²) in [6.07, 6.45) is -0.667. The van der Waals surface area contributed by atoms with E-state index in [9.17, 15) is 22.8 Å². The summed E-state index contributed by atoms with van der Waals surface area (Å²) in [6, 6.07) is 18.0. The first kappa shape index (κ1) is 33.0. The number of alkyl halides is 3. The number of amides is 3. The molecule has 2 heterocycles. The minimum Gasteiger partial charge on any atom is -0.497 e. The minimum absolute atomic E-state index is 0.0687. The molecular formula is C33H33F3N7O4S+. The molecule has 15 heteroatoms. The number of urea groups is 1. The molecule has 0 radical (unpaired) electrons. The zero-order chi connectivity index (χ0) is 34.0. The quantitative estimate of drug-likeness (QED) is 0.153. The van der Waals surface area contributed by atoms with E-state index in [1.165, 1.54) is 44.5 Å². The molecular weight excluding hydrogens is 647 g/mol. The zero-order valence-corrected chi connectivity index (χ0v) is 27.2. The molecule has 2 atom stereocenters. The van der Waals surface area contributed by atoms with Crippen molar-refractivity contribution < 1.29 is 36.4 Å². The summed E-state index contributed by atoms with van der Waals surface area (Å²) in [6.45, 7) is 4.05. The smallest absolute Gasteiger partial charge is 0.497 e. The van der Waals surface area contributed by atoms with Crippen LogP contribution in [-0.4, -0.2) is 56.2 Å². The molecule has 1 aliphatic heterocycles. The van der Waals surface area contributed by atoms with Gasteiger partial charge in [-0.05, 0) is 77.4 Å². The van der Waals surface area contributed by atoms with Crippen molar-refractivity contribution in [2.45, 2.75) is 57.3 Å². The van der Waals surface area contributed by atoms with Crippen molar-refractivity contribution in [3.63, 3.8) is 0 Å². The van der Waals surface area contributed by atoms with Crippen molar-refractivity contribution in [2.24, 2.45) is 5.11 Å². The van der Waals surface area contributed by atoms with Crippen LogP contribution in [0.1, 0.15) is 56.1 Å². The van der Waals surface area contributed by atoms with E-state index in [0.717, 1.165) is 47.9 Å². The van der Waals surface area contributed by atoms with Gasteiger partial charge in [0.1, 0.15) is 34.4 Å². The Balaban J connectivity index is 1.13. The molecule has 4 aromatic rings. The summed E-state index contributed by atoms with van der Waals surface area (Å²) < 4.78 is 49.6. The predicted molar refractivity (Wildman–Crippen MR) is 172 cm³/mol. The maximum Gasteiger partial charge on any atom is 0.573 e. The number of rotatable bonds is 8. The van der Waals surface area contributed by atoms with Crippen LogP contribution in [0.4, 0.5) is 23.7 Å². The molecule has 2 fully saturated rings. The van der Waals surface area contributed by atoms with Crippen molar-refractivity contribution in [3.05, 3.63) is 84.2 Å². The Morgan fingerprint density at radius 2 is 1.79 bits per heavy atom. The van der Waals surface area contributed by atoms with Crippen molar-refractivity contribution in [1.29, 1.82) is 0 Å². The highest BCUT2D eigenvalue weighted by atomic mass is 32.2. The van der Waals surface area contributed by atoms with Crippen molar-refractivity contribution in [1.82, 2.24) is 20.1 Å². The van der Waals surface area contributed by atoms with E-state index in [1.54, 1.807) is 13.2 Å². The molecule has 0 spiro atoms. The van der Waals surface area contributed by atoms with Gasteiger partial charge in [-0.25, -0.2) is 14.5 Å². The Labute approximate surface area is 278 Å². The Morgan fingerprint density at radius 1 is 1.06 bits per heavy atom. The average molecular weight is 681 g/mol. The van der Waals surface area contributed by atoms with Gasteiger partial charge in [-0.15, -0.1) is 18.3 Å². The van der Waals surface area contributed by atoms with Crippen LogP contribution in [0.25, 0.3) is 17.1 Å². The lowest BCUT2D eigenvalue weighted by molar-refractivity contribution is -0.418. The summed E-state index contributed by atoms with van der Waals surface area (Å²) in [4.78, 5) is 30.5. The topological polar surface area (TPSA) is 114 Å². The van der Waals surface area contributed by atoms with Crippen LogP contribution in [0.5, 0.6) is 11.5 Å². The fraction of sp³-hybridized carbons (Fsp3) is 0.333. The molecule has 48 heavy (non-hydrogen) atoms. The van der Waals surface area contributed by atoms with Crippen LogP contribution in [0.15, 0.2) is 78.2 Å². The number of hydrogen-bond donors (Lipinski definition) is 1. The summed E-state index contributed by atoms with van der Waals surface area (Å²) in [5.74, 6) is 0.972. The van der Waals surface area contributed by atoms with Crippen LogP contribution >= 0.6 is 11.9 Å². The van der Waals surface area contributed by atoms with Gasteiger partial charge < -0.3 is 14.8 Å². The van der Waals surface area contributed by atoms with Gasteiger partial charge in [0, 0.05) is 17.5 Å². The summed E-state index contributed by atoms with van der Waals surface area (Å²) >= 11 is 1.16. The monoisotopic (exact) mass is 680 g/mol. The zero-order valence-electron chi connectivity index (χ0n) is 26.3. The lowest BCUT2D eigenvalue weighted by Gasteiger charge is -2.20. The van der Waals surface area contributed by atoms with E-state index in [-0.39, 0.29) is 35.3 Å². The number of hydrazine groups is 1. The largest absolute Gasteiger partial charge is 0.573 e. The van der Waals surface area contributed by atoms with Crippen molar-refractivity contribution in [3.8, 4) is 28.6 Å². The van der Waals surface area contributed by atoms with Crippen molar-refractivity contribution in [2.75, 3.05) is 17.9 Å². The molecule has 1 saturated carbocycles. The third kappa shape index (κ3) is 7.30. The number of hydrogen-bond acceptors (Lipinski definition) is 7. The maximum atomic E-state index is 13.2. The molecule has 250 valence electrons. The first-order valence-corrected chi connectivity index (χ1v) is 16.3. The highest BCUT2D eigenvalue weighted by Gasteiger charge is 2.42. The summed E-state index contributed by atoms with van der Waals surface area (Å²) in [7, 11) is 1.59.